The molecule has 2 aromatic rings. The van der Waals surface area contributed by atoms with E-state index in [0.717, 1.165) is 22.4 Å². The van der Waals surface area contributed by atoms with Crippen molar-refractivity contribution in [2.24, 2.45) is 0 Å². The minimum absolute atomic E-state index is 0.402. The third-order valence-electron chi connectivity index (χ3n) is 2.10. The fraction of sp³-hybridized carbons (Fsp3) is 0.300. The average molecular weight is 176 g/mol. The third-order valence-corrected chi connectivity index (χ3v) is 2.10. The van der Waals surface area contributed by atoms with Crippen molar-refractivity contribution in [2.75, 3.05) is 5.73 Å². The summed E-state index contributed by atoms with van der Waals surface area (Å²) in [6, 6.07) is 3.77. The Morgan fingerprint density at radius 2 is 2.15 bits per heavy atom. The number of aromatic nitrogens is 1. The Morgan fingerprint density at radius 3 is 2.85 bits per heavy atom. The van der Waals surface area contributed by atoms with Gasteiger partial charge in [-0.3, -0.25) is 0 Å². The van der Waals surface area contributed by atoms with Gasteiger partial charge in [0.05, 0.1) is 0 Å². The van der Waals surface area contributed by atoms with Crippen LogP contribution in [-0.4, -0.2) is 4.98 Å². The number of nitrogens with two attached hydrogens (primary N) is 1. The molecule has 13 heavy (non-hydrogen) atoms. The van der Waals surface area contributed by atoms with E-state index in [0.29, 0.717) is 5.92 Å². The minimum Gasteiger partial charge on any atom is -0.443 e. The number of benzene rings is 1. The SMILES string of the molecule is CC(C)c1cc(N)cc2ncoc12. The molecule has 0 fully saturated rings. The van der Waals surface area contributed by atoms with Crippen LogP contribution in [0.25, 0.3) is 11.1 Å². The van der Waals surface area contributed by atoms with Crippen molar-refractivity contribution in [3.05, 3.63) is 24.1 Å². The summed E-state index contributed by atoms with van der Waals surface area (Å²) in [4.78, 5) is 4.08. The summed E-state index contributed by atoms with van der Waals surface area (Å²) in [7, 11) is 0. The highest BCUT2D eigenvalue weighted by Gasteiger charge is 2.09. The zero-order valence-corrected chi connectivity index (χ0v) is 7.74. The summed E-state index contributed by atoms with van der Waals surface area (Å²) in [6.45, 7) is 4.22. The molecule has 0 aliphatic carbocycles. The molecule has 68 valence electrons. The zero-order valence-electron chi connectivity index (χ0n) is 7.74. The van der Waals surface area contributed by atoms with Crippen LogP contribution in [0.4, 0.5) is 5.69 Å². The molecule has 0 aliphatic heterocycles. The van der Waals surface area contributed by atoms with E-state index in [-0.39, 0.29) is 0 Å². The third kappa shape index (κ3) is 1.26. The number of oxazole rings is 1. The van der Waals surface area contributed by atoms with Gasteiger partial charge < -0.3 is 10.2 Å². The second kappa shape index (κ2) is 2.76. The van der Waals surface area contributed by atoms with Crippen molar-refractivity contribution in [2.45, 2.75) is 19.8 Å². The van der Waals surface area contributed by atoms with Gasteiger partial charge in [-0.05, 0) is 18.1 Å². The van der Waals surface area contributed by atoms with Crippen molar-refractivity contribution in [1.29, 1.82) is 0 Å². The number of nitrogen functional groups attached to an aromatic ring is 1. The van der Waals surface area contributed by atoms with E-state index in [9.17, 15) is 0 Å². The number of nitrogens with zero attached hydrogens (tertiary/aromatic N) is 1. The lowest BCUT2D eigenvalue weighted by Gasteiger charge is -2.05. The Balaban J connectivity index is 2.77. The van der Waals surface area contributed by atoms with Crippen LogP contribution in [0.15, 0.2) is 22.9 Å². The maximum atomic E-state index is 5.74. The van der Waals surface area contributed by atoms with Crippen LogP contribution in [0.3, 0.4) is 0 Å². The second-order valence-corrected chi connectivity index (χ2v) is 3.47. The van der Waals surface area contributed by atoms with Crippen molar-refractivity contribution in [3.8, 4) is 0 Å². The molecule has 0 aliphatic rings. The van der Waals surface area contributed by atoms with E-state index in [2.05, 4.69) is 18.8 Å². The Hall–Kier alpha value is -1.51. The Bertz CT molecular complexity index is 431. The minimum atomic E-state index is 0.402. The number of hydrogen-bond acceptors (Lipinski definition) is 3. The van der Waals surface area contributed by atoms with Crippen LogP contribution < -0.4 is 5.73 Å². The monoisotopic (exact) mass is 176 g/mol. The van der Waals surface area contributed by atoms with E-state index in [1.807, 2.05) is 12.1 Å². The first kappa shape index (κ1) is 8.10. The van der Waals surface area contributed by atoms with Gasteiger partial charge in [0.2, 0.25) is 0 Å². The zero-order chi connectivity index (χ0) is 9.42. The maximum Gasteiger partial charge on any atom is 0.181 e. The molecule has 0 spiro atoms. The lowest BCUT2D eigenvalue weighted by molar-refractivity contribution is 0.594. The molecular formula is C10H12N2O. The fourth-order valence-corrected chi connectivity index (χ4v) is 1.45. The van der Waals surface area contributed by atoms with Gasteiger partial charge >= 0.3 is 0 Å². The molecule has 0 radical (unpaired) electrons. The van der Waals surface area contributed by atoms with Gasteiger partial charge in [-0.1, -0.05) is 13.8 Å². The number of rotatable bonds is 1. The summed E-state index contributed by atoms with van der Waals surface area (Å²) in [5.74, 6) is 0.402. The molecule has 0 saturated heterocycles. The van der Waals surface area contributed by atoms with E-state index in [1.54, 1.807) is 0 Å². The first-order valence-electron chi connectivity index (χ1n) is 4.31. The van der Waals surface area contributed by atoms with Gasteiger partial charge in [0.1, 0.15) is 5.52 Å². The quantitative estimate of drug-likeness (QED) is 0.679. The molecule has 0 amide bonds. The Labute approximate surface area is 76.6 Å². The molecule has 0 atom stereocenters. The highest BCUT2D eigenvalue weighted by Crippen LogP contribution is 2.27. The average Bonchev–Trinajstić information content (AvgIpc) is 2.49. The fourth-order valence-electron chi connectivity index (χ4n) is 1.45. The van der Waals surface area contributed by atoms with Gasteiger partial charge in [-0.15, -0.1) is 0 Å². The van der Waals surface area contributed by atoms with E-state index in [4.69, 9.17) is 10.2 Å². The van der Waals surface area contributed by atoms with Crippen LogP contribution in [0.2, 0.25) is 0 Å². The second-order valence-electron chi connectivity index (χ2n) is 3.47. The van der Waals surface area contributed by atoms with Crippen molar-refractivity contribution >= 4 is 16.8 Å². The highest BCUT2D eigenvalue weighted by atomic mass is 16.3. The maximum absolute atomic E-state index is 5.74. The number of hydrogen-bond donors (Lipinski definition) is 1. The summed E-state index contributed by atoms with van der Waals surface area (Å²) in [6.07, 6.45) is 1.45. The highest BCUT2D eigenvalue weighted by molar-refractivity contribution is 5.80. The van der Waals surface area contributed by atoms with Crippen LogP contribution >= 0.6 is 0 Å². The molecule has 0 bridgehead atoms. The molecule has 0 saturated carbocycles. The molecule has 0 unspecified atom stereocenters. The molecule has 3 heteroatoms. The van der Waals surface area contributed by atoms with Gasteiger partial charge in [0.15, 0.2) is 12.0 Å². The van der Waals surface area contributed by atoms with Crippen LogP contribution in [0.1, 0.15) is 25.3 Å². The first-order chi connectivity index (χ1) is 6.18. The van der Waals surface area contributed by atoms with Gasteiger partial charge in [0.25, 0.3) is 0 Å². The summed E-state index contributed by atoms with van der Waals surface area (Å²) in [5.41, 5.74) is 9.29. The molecule has 2 rings (SSSR count). The normalized spacial score (nSPS) is 11.3. The lowest BCUT2D eigenvalue weighted by Crippen LogP contribution is -1.92. The topological polar surface area (TPSA) is 52.0 Å². The molecular weight excluding hydrogens is 164 g/mol. The summed E-state index contributed by atoms with van der Waals surface area (Å²) >= 11 is 0. The number of fused-ring (bicyclic) bond motifs is 1. The summed E-state index contributed by atoms with van der Waals surface area (Å²) in [5, 5.41) is 0. The Kier molecular flexibility index (Phi) is 1.72. The van der Waals surface area contributed by atoms with E-state index >= 15 is 0 Å². The van der Waals surface area contributed by atoms with E-state index in [1.165, 1.54) is 6.39 Å². The predicted molar refractivity (Wildman–Crippen MR) is 52.5 cm³/mol. The molecule has 1 heterocycles. The Morgan fingerprint density at radius 1 is 1.38 bits per heavy atom. The van der Waals surface area contributed by atoms with Gasteiger partial charge in [-0.25, -0.2) is 4.98 Å². The smallest absolute Gasteiger partial charge is 0.181 e. The predicted octanol–water partition coefficient (Wildman–Crippen LogP) is 2.53. The van der Waals surface area contributed by atoms with Gasteiger partial charge in [0, 0.05) is 11.3 Å². The van der Waals surface area contributed by atoms with Crippen molar-refractivity contribution in [1.82, 2.24) is 4.98 Å². The van der Waals surface area contributed by atoms with Gasteiger partial charge in [-0.2, -0.15) is 0 Å². The summed E-state index contributed by atoms with van der Waals surface area (Å²) < 4.78 is 5.30. The molecule has 1 aromatic heterocycles. The first-order valence-corrected chi connectivity index (χ1v) is 4.31. The number of anilines is 1. The standard InChI is InChI=1S/C10H12N2O/c1-6(2)8-3-7(11)4-9-10(8)13-5-12-9/h3-6H,11H2,1-2H3. The van der Waals surface area contributed by atoms with Crippen LogP contribution in [-0.2, 0) is 0 Å². The largest absolute Gasteiger partial charge is 0.443 e. The van der Waals surface area contributed by atoms with E-state index < -0.39 is 0 Å². The van der Waals surface area contributed by atoms with Crippen LogP contribution in [0.5, 0.6) is 0 Å². The molecule has 1 aromatic carbocycles. The van der Waals surface area contributed by atoms with Crippen LogP contribution in [0, 0.1) is 0 Å². The van der Waals surface area contributed by atoms with Crippen molar-refractivity contribution in [3.63, 3.8) is 0 Å². The van der Waals surface area contributed by atoms with Crippen molar-refractivity contribution < 1.29 is 4.42 Å². The lowest BCUT2D eigenvalue weighted by atomic mass is 10.0. The molecule has 3 nitrogen and oxygen atoms in total. The molecule has 2 N–H and O–H groups in total.